The van der Waals surface area contributed by atoms with Crippen LogP contribution in [0.2, 0.25) is 0 Å². The zero-order valence-corrected chi connectivity index (χ0v) is 41.9. The molecule has 0 amide bonds. The monoisotopic (exact) mass is 959 g/mol. The van der Waals surface area contributed by atoms with Crippen LogP contribution in [0, 0.1) is 5.92 Å². The summed E-state index contributed by atoms with van der Waals surface area (Å²) in [4.78, 5) is 0. The molecule has 396 valence electrons. The Labute approximate surface area is 400 Å². The number of rotatable bonds is 62. The van der Waals surface area contributed by atoms with E-state index in [1.165, 1.54) is 57.8 Å². The Morgan fingerprint density at radius 1 is 0.258 bits per heavy atom. The van der Waals surface area contributed by atoms with Crippen molar-refractivity contribution in [3.05, 3.63) is 12.7 Å². The fraction of sp³-hybridized carbons (Fsp3) is 0.959. The van der Waals surface area contributed by atoms with Crippen molar-refractivity contribution >= 4 is 0 Å². The fourth-order valence-corrected chi connectivity index (χ4v) is 5.68. The van der Waals surface area contributed by atoms with Crippen molar-refractivity contribution in [1.29, 1.82) is 0 Å². The summed E-state index contributed by atoms with van der Waals surface area (Å²) in [5, 5.41) is 0. The summed E-state index contributed by atoms with van der Waals surface area (Å²) in [6.07, 6.45) is 15.1. The van der Waals surface area contributed by atoms with Gasteiger partial charge in [0.2, 0.25) is 0 Å². The molecule has 0 saturated heterocycles. The standard InChI is InChI=1S/C49H98O17/c1-4-6-7-8-9-10-11-12-13-14-16-50-17-18-51-19-20-52-21-22-53-23-24-54-25-26-55-27-28-56-29-30-57-31-32-58-33-34-59-35-36-60-37-38-61-39-40-62-41-42-63-43-44-64-45-46-66-48-49(3)47-65-15-5-2/h5,49H,2,4,6-48H2,1,3H3. The average Bonchev–Trinajstić information content (AvgIpc) is 3.32. The number of hydrogen-bond acceptors (Lipinski definition) is 17. The Bertz CT molecular complexity index is 865. The van der Waals surface area contributed by atoms with E-state index in [0.29, 0.717) is 224 Å². The van der Waals surface area contributed by atoms with Crippen molar-refractivity contribution in [3.63, 3.8) is 0 Å². The predicted octanol–water partition coefficient (Wildman–Crippen LogP) is 6.01. The van der Waals surface area contributed by atoms with Crippen molar-refractivity contribution < 1.29 is 80.5 Å². The van der Waals surface area contributed by atoms with Gasteiger partial charge < -0.3 is 80.5 Å². The molecular weight excluding hydrogens is 861 g/mol. The van der Waals surface area contributed by atoms with Crippen LogP contribution in [0.25, 0.3) is 0 Å². The van der Waals surface area contributed by atoms with Gasteiger partial charge in [-0.05, 0) is 6.42 Å². The second-order valence-corrected chi connectivity index (χ2v) is 15.4. The quantitative estimate of drug-likeness (QED) is 0.0515. The molecule has 0 saturated carbocycles. The second kappa shape index (κ2) is 62.1. The highest BCUT2D eigenvalue weighted by Crippen LogP contribution is 2.10. The van der Waals surface area contributed by atoms with Crippen LogP contribution in [0.5, 0.6) is 0 Å². The minimum atomic E-state index is 0.344. The number of hydrogen-bond donors (Lipinski definition) is 0. The van der Waals surface area contributed by atoms with Crippen LogP contribution in [0.1, 0.15) is 78.1 Å². The predicted molar refractivity (Wildman–Crippen MR) is 255 cm³/mol. The smallest absolute Gasteiger partial charge is 0.0701 e. The van der Waals surface area contributed by atoms with E-state index in [1.807, 2.05) is 0 Å². The molecule has 17 heteroatoms. The van der Waals surface area contributed by atoms with Gasteiger partial charge in [0.15, 0.2) is 0 Å². The molecule has 1 unspecified atom stereocenters. The summed E-state index contributed by atoms with van der Waals surface area (Å²) < 4.78 is 94.0. The lowest BCUT2D eigenvalue weighted by molar-refractivity contribution is -0.0307. The van der Waals surface area contributed by atoms with Crippen LogP contribution in [0.3, 0.4) is 0 Å². The Kier molecular flexibility index (Phi) is 61.2. The highest BCUT2D eigenvalue weighted by Gasteiger charge is 2.03. The Balaban J connectivity index is 3.08. The minimum Gasteiger partial charge on any atom is -0.379 e. The zero-order valence-electron chi connectivity index (χ0n) is 41.9. The third-order valence-electron chi connectivity index (χ3n) is 9.26. The molecule has 66 heavy (non-hydrogen) atoms. The molecule has 0 fully saturated rings. The molecule has 0 aliphatic carbocycles. The fourth-order valence-electron chi connectivity index (χ4n) is 5.68. The van der Waals surface area contributed by atoms with Crippen LogP contribution < -0.4 is 0 Å². The van der Waals surface area contributed by atoms with Crippen LogP contribution in [-0.4, -0.2) is 225 Å². The molecule has 0 aromatic carbocycles. The van der Waals surface area contributed by atoms with Gasteiger partial charge in [-0.25, -0.2) is 0 Å². The maximum atomic E-state index is 5.66. The summed E-state index contributed by atoms with van der Waals surface area (Å²) in [7, 11) is 0. The van der Waals surface area contributed by atoms with E-state index < -0.39 is 0 Å². The minimum absolute atomic E-state index is 0.344. The first-order chi connectivity index (χ1) is 32.8. The zero-order chi connectivity index (χ0) is 47.4. The first kappa shape index (κ1) is 65.1. The maximum Gasteiger partial charge on any atom is 0.0701 e. The molecule has 0 heterocycles. The number of unbranched alkanes of at least 4 members (excludes halogenated alkanes) is 9. The third kappa shape index (κ3) is 61.1. The number of ether oxygens (including phenoxy) is 17. The molecule has 1 atom stereocenters. The molecular formula is C49H98O17. The first-order valence-electron chi connectivity index (χ1n) is 25.2. The highest BCUT2D eigenvalue weighted by atomic mass is 16.6. The summed E-state index contributed by atoms with van der Waals surface area (Å²) >= 11 is 0. The summed E-state index contributed by atoms with van der Waals surface area (Å²) in [6.45, 7) is 26.4. The van der Waals surface area contributed by atoms with Crippen molar-refractivity contribution in [2.45, 2.75) is 78.1 Å². The lowest BCUT2D eigenvalue weighted by Crippen LogP contribution is -2.16. The second-order valence-electron chi connectivity index (χ2n) is 15.4. The molecule has 0 rings (SSSR count). The molecule has 0 aromatic rings. The molecule has 0 bridgehead atoms. The van der Waals surface area contributed by atoms with Gasteiger partial charge in [0.05, 0.1) is 218 Å². The maximum absolute atomic E-state index is 5.66. The van der Waals surface area contributed by atoms with Crippen LogP contribution >= 0.6 is 0 Å². The van der Waals surface area contributed by atoms with Gasteiger partial charge in [0.25, 0.3) is 0 Å². The molecule has 0 spiro atoms. The summed E-state index contributed by atoms with van der Waals surface area (Å²) in [5.41, 5.74) is 0. The average molecular weight is 959 g/mol. The topological polar surface area (TPSA) is 157 Å². The van der Waals surface area contributed by atoms with E-state index in [-0.39, 0.29) is 0 Å². The van der Waals surface area contributed by atoms with Gasteiger partial charge in [-0.15, -0.1) is 6.58 Å². The van der Waals surface area contributed by atoms with E-state index in [9.17, 15) is 0 Å². The van der Waals surface area contributed by atoms with Crippen LogP contribution in [-0.2, 0) is 80.5 Å². The van der Waals surface area contributed by atoms with Crippen molar-refractivity contribution in [2.75, 3.05) is 225 Å². The van der Waals surface area contributed by atoms with E-state index >= 15 is 0 Å². The van der Waals surface area contributed by atoms with Crippen LogP contribution in [0.15, 0.2) is 12.7 Å². The van der Waals surface area contributed by atoms with Gasteiger partial charge in [0.1, 0.15) is 0 Å². The van der Waals surface area contributed by atoms with E-state index in [4.69, 9.17) is 80.5 Å². The molecule has 0 N–H and O–H groups in total. The van der Waals surface area contributed by atoms with Crippen molar-refractivity contribution in [3.8, 4) is 0 Å². The summed E-state index contributed by atoms with van der Waals surface area (Å²) in [6, 6.07) is 0. The van der Waals surface area contributed by atoms with Crippen molar-refractivity contribution in [1.82, 2.24) is 0 Å². The van der Waals surface area contributed by atoms with Crippen LogP contribution in [0.4, 0.5) is 0 Å². The largest absolute Gasteiger partial charge is 0.379 e. The first-order valence-corrected chi connectivity index (χ1v) is 25.2. The van der Waals surface area contributed by atoms with E-state index in [2.05, 4.69) is 20.4 Å². The summed E-state index contributed by atoms with van der Waals surface area (Å²) in [5.74, 6) is 0.344. The van der Waals surface area contributed by atoms with Gasteiger partial charge in [0, 0.05) is 12.5 Å². The van der Waals surface area contributed by atoms with Gasteiger partial charge >= 0.3 is 0 Å². The lowest BCUT2D eigenvalue weighted by Gasteiger charge is -2.12. The Morgan fingerprint density at radius 2 is 0.455 bits per heavy atom. The Morgan fingerprint density at radius 3 is 0.697 bits per heavy atom. The SMILES string of the molecule is C=CCOCC(C)COCCOCCOCCOCCOCCOCCOCCOCCOCCOCCOCCOCCOCCOCCOCCOCCCCCCCCCCCC. The molecule has 0 aliphatic rings. The van der Waals surface area contributed by atoms with Gasteiger partial charge in [-0.2, -0.15) is 0 Å². The normalized spacial score (nSPS) is 12.2. The molecule has 0 aliphatic heterocycles. The van der Waals surface area contributed by atoms with E-state index in [1.54, 1.807) is 6.08 Å². The van der Waals surface area contributed by atoms with Gasteiger partial charge in [-0.3, -0.25) is 0 Å². The molecule has 0 aromatic heterocycles. The van der Waals surface area contributed by atoms with E-state index in [0.717, 1.165) is 13.0 Å². The highest BCUT2D eigenvalue weighted by molar-refractivity contribution is 4.64. The lowest BCUT2D eigenvalue weighted by atomic mass is 10.1. The molecule has 17 nitrogen and oxygen atoms in total. The van der Waals surface area contributed by atoms with Gasteiger partial charge in [-0.1, -0.05) is 77.7 Å². The Hall–Kier alpha value is -0.940. The molecule has 0 radical (unpaired) electrons. The van der Waals surface area contributed by atoms with Crippen molar-refractivity contribution in [2.24, 2.45) is 5.92 Å². The third-order valence-corrected chi connectivity index (χ3v) is 9.26.